The molecule has 0 amide bonds. The Kier molecular flexibility index (Phi) is 2.98. The van der Waals surface area contributed by atoms with Crippen molar-refractivity contribution in [1.29, 1.82) is 0 Å². The molecule has 2 aliphatic rings. The van der Waals surface area contributed by atoms with Crippen molar-refractivity contribution in [3.05, 3.63) is 0 Å². The normalized spacial score (nSPS) is 37.0. The van der Waals surface area contributed by atoms with E-state index in [0.29, 0.717) is 12.9 Å². The highest BCUT2D eigenvalue weighted by molar-refractivity contribution is 4.73. The smallest absolute Gasteiger partial charge is 0.147 e. The van der Waals surface area contributed by atoms with E-state index in [1.807, 2.05) is 0 Å². The van der Waals surface area contributed by atoms with Gasteiger partial charge in [0.25, 0.3) is 0 Å². The van der Waals surface area contributed by atoms with E-state index in [0.717, 1.165) is 12.5 Å². The lowest BCUT2D eigenvalue weighted by atomic mass is 9.94. The predicted octanol–water partition coefficient (Wildman–Crippen LogP) is 0.749. The molecule has 2 atom stereocenters. The molecule has 2 aliphatic heterocycles. The fourth-order valence-corrected chi connectivity index (χ4v) is 2.01. The highest BCUT2D eigenvalue weighted by atomic mass is 16.7. The summed E-state index contributed by atoms with van der Waals surface area (Å²) in [5.74, 6) is 0.811. The van der Waals surface area contributed by atoms with Crippen molar-refractivity contribution in [2.24, 2.45) is 5.92 Å². The van der Waals surface area contributed by atoms with Gasteiger partial charge in [0.1, 0.15) is 6.79 Å². The Balaban J connectivity index is 1.69. The van der Waals surface area contributed by atoms with Gasteiger partial charge in [-0.05, 0) is 38.3 Å². The highest BCUT2D eigenvalue weighted by Crippen LogP contribution is 2.19. The number of hydrogen-bond acceptors (Lipinski definition) is 3. The van der Waals surface area contributed by atoms with Crippen molar-refractivity contribution >= 4 is 0 Å². The first-order valence-electron chi connectivity index (χ1n) is 4.85. The quantitative estimate of drug-likeness (QED) is 0.665. The van der Waals surface area contributed by atoms with Crippen LogP contribution in [0.4, 0.5) is 0 Å². The molecule has 0 aromatic carbocycles. The van der Waals surface area contributed by atoms with Crippen molar-refractivity contribution in [3.63, 3.8) is 0 Å². The molecular weight excluding hydrogens is 154 g/mol. The van der Waals surface area contributed by atoms with Crippen molar-refractivity contribution in [1.82, 2.24) is 5.32 Å². The van der Waals surface area contributed by atoms with Gasteiger partial charge >= 0.3 is 0 Å². The van der Waals surface area contributed by atoms with Crippen LogP contribution in [0.5, 0.6) is 0 Å². The molecule has 3 heteroatoms. The van der Waals surface area contributed by atoms with Crippen LogP contribution in [0.15, 0.2) is 0 Å². The molecule has 3 nitrogen and oxygen atoms in total. The van der Waals surface area contributed by atoms with Gasteiger partial charge in [0, 0.05) is 0 Å². The molecule has 0 aliphatic carbocycles. The van der Waals surface area contributed by atoms with Crippen LogP contribution < -0.4 is 5.32 Å². The number of rotatable bonds is 2. The Morgan fingerprint density at radius 3 is 3.08 bits per heavy atom. The Morgan fingerprint density at radius 2 is 2.42 bits per heavy atom. The standard InChI is InChI=1S/C9H17NO2/c1-2-8(5-10-3-1)4-9-6-11-7-12-9/h8-10H,1-7H2. The molecular formula is C9H17NO2. The Bertz CT molecular complexity index is 128. The molecule has 0 saturated carbocycles. The van der Waals surface area contributed by atoms with Crippen LogP contribution in [-0.2, 0) is 9.47 Å². The third-order valence-corrected chi connectivity index (χ3v) is 2.69. The average molecular weight is 171 g/mol. The van der Waals surface area contributed by atoms with Crippen LogP contribution >= 0.6 is 0 Å². The van der Waals surface area contributed by atoms with Crippen LogP contribution in [0, 0.1) is 5.92 Å². The lowest BCUT2D eigenvalue weighted by Crippen LogP contribution is -2.32. The van der Waals surface area contributed by atoms with Gasteiger partial charge in [-0.25, -0.2) is 0 Å². The van der Waals surface area contributed by atoms with Crippen molar-refractivity contribution in [2.45, 2.75) is 25.4 Å². The fraction of sp³-hybridized carbons (Fsp3) is 1.00. The third kappa shape index (κ3) is 2.19. The summed E-state index contributed by atoms with van der Waals surface area (Å²) in [6.45, 7) is 3.67. The van der Waals surface area contributed by atoms with Crippen LogP contribution in [0.25, 0.3) is 0 Å². The van der Waals surface area contributed by atoms with Gasteiger partial charge in [0.2, 0.25) is 0 Å². The summed E-state index contributed by atoms with van der Waals surface area (Å²) >= 11 is 0. The van der Waals surface area contributed by atoms with Crippen molar-refractivity contribution < 1.29 is 9.47 Å². The molecule has 0 bridgehead atoms. The molecule has 2 rings (SSSR count). The van der Waals surface area contributed by atoms with E-state index in [-0.39, 0.29) is 0 Å². The maximum Gasteiger partial charge on any atom is 0.147 e. The van der Waals surface area contributed by atoms with Crippen LogP contribution in [-0.4, -0.2) is 32.6 Å². The van der Waals surface area contributed by atoms with E-state index in [4.69, 9.17) is 9.47 Å². The predicted molar refractivity (Wildman–Crippen MR) is 45.9 cm³/mol. The largest absolute Gasteiger partial charge is 0.353 e. The molecule has 2 heterocycles. The fourth-order valence-electron chi connectivity index (χ4n) is 2.01. The van der Waals surface area contributed by atoms with Gasteiger partial charge in [0.15, 0.2) is 0 Å². The summed E-state index contributed by atoms with van der Waals surface area (Å²) in [6.07, 6.45) is 4.22. The van der Waals surface area contributed by atoms with E-state index in [9.17, 15) is 0 Å². The van der Waals surface area contributed by atoms with Crippen LogP contribution in [0.3, 0.4) is 0 Å². The maximum atomic E-state index is 5.41. The molecule has 70 valence electrons. The second kappa shape index (κ2) is 4.21. The Morgan fingerprint density at radius 1 is 1.42 bits per heavy atom. The molecule has 0 radical (unpaired) electrons. The molecule has 2 unspecified atom stereocenters. The zero-order valence-corrected chi connectivity index (χ0v) is 7.42. The van der Waals surface area contributed by atoms with Gasteiger partial charge < -0.3 is 14.8 Å². The summed E-state index contributed by atoms with van der Waals surface area (Å²) in [7, 11) is 0. The first-order chi connectivity index (χ1) is 5.95. The maximum absolute atomic E-state index is 5.41. The van der Waals surface area contributed by atoms with E-state index in [1.165, 1.54) is 32.4 Å². The molecule has 0 aromatic rings. The van der Waals surface area contributed by atoms with Gasteiger partial charge in [-0.1, -0.05) is 0 Å². The monoisotopic (exact) mass is 171 g/mol. The minimum atomic E-state index is 0.370. The molecule has 12 heavy (non-hydrogen) atoms. The minimum Gasteiger partial charge on any atom is -0.353 e. The summed E-state index contributed by atoms with van der Waals surface area (Å²) in [6, 6.07) is 0. The van der Waals surface area contributed by atoms with Crippen molar-refractivity contribution in [2.75, 3.05) is 26.5 Å². The highest BCUT2D eigenvalue weighted by Gasteiger charge is 2.22. The van der Waals surface area contributed by atoms with Gasteiger partial charge in [0.05, 0.1) is 12.7 Å². The first-order valence-corrected chi connectivity index (χ1v) is 4.85. The molecule has 2 saturated heterocycles. The van der Waals surface area contributed by atoms with Gasteiger partial charge in [-0.15, -0.1) is 0 Å². The lowest BCUT2D eigenvalue weighted by Gasteiger charge is -2.24. The second-order valence-corrected chi connectivity index (χ2v) is 3.73. The zero-order chi connectivity index (χ0) is 8.23. The topological polar surface area (TPSA) is 30.5 Å². The van der Waals surface area contributed by atoms with Crippen molar-refractivity contribution in [3.8, 4) is 0 Å². The third-order valence-electron chi connectivity index (χ3n) is 2.69. The van der Waals surface area contributed by atoms with Crippen LogP contribution in [0.1, 0.15) is 19.3 Å². The Hall–Kier alpha value is -0.120. The molecule has 0 aromatic heterocycles. The lowest BCUT2D eigenvalue weighted by molar-refractivity contribution is 0.0387. The summed E-state index contributed by atoms with van der Waals surface area (Å²) in [4.78, 5) is 0. The van der Waals surface area contributed by atoms with E-state index in [1.54, 1.807) is 0 Å². The summed E-state index contributed by atoms with van der Waals surface area (Å²) in [5.41, 5.74) is 0. The zero-order valence-electron chi connectivity index (χ0n) is 7.42. The second-order valence-electron chi connectivity index (χ2n) is 3.73. The van der Waals surface area contributed by atoms with E-state index < -0.39 is 0 Å². The van der Waals surface area contributed by atoms with E-state index >= 15 is 0 Å². The molecule has 1 N–H and O–H groups in total. The number of nitrogens with one attached hydrogen (secondary N) is 1. The minimum absolute atomic E-state index is 0.370. The summed E-state index contributed by atoms with van der Waals surface area (Å²) in [5, 5.41) is 3.41. The van der Waals surface area contributed by atoms with E-state index in [2.05, 4.69) is 5.32 Å². The van der Waals surface area contributed by atoms with Gasteiger partial charge in [-0.3, -0.25) is 0 Å². The van der Waals surface area contributed by atoms with Crippen LogP contribution in [0.2, 0.25) is 0 Å². The SMILES string of the molecule is C1CNCC(CC2COCO2)C1. The first kappa shape index (κ1) is 8.48. The number of piperidine rings is 1. The van der Waals surface area contributed by atoms with Gasteiger partial charge in [-0.2, -0.15) is 0 Å². The number of ether oxygens (including phenoxy) is 2. The molecule has 0 spiro atoms. The molecule has 2 fully saturated rings. The Labute approximate surface area is 73.4 Å². The number of hydrogen-bond donors (Lipinski definition) is 1. The average Bonchev–Trinajstić information content (AvgIpc) is 2.59. The summed E-state index contributed by atoms with van der Waals surface area (Å²) < 4.78 is 10.6.